The molecule has 0 atom stereocenters. The largest absolute Gasteiger partial charge is 0.339 e. The van der Waals surface area contributed by atoms with Crippen molar-refractivity contribution in [1.82, 2.24) is 29.6 Å². The van der Waals surface area contributed by atoms with Gasteiger partial charge in [-0.1, -0.05) is 6.07 Å². The Balaban J connectivity index is 1.25. The maximum Gasteiger partial charge on any atom is 0.246 e. The molecule has 8 nitrogen and oxygen atoms in total. The molecular weight excluding hydrogens is 390 g/mol. The quantitative estimate of drug-likeness (QED) is 0.620. The van der Waals surface area contributed by atoms with E-state index in [2.05, 4.69) is 25.4 Å². The number of anilines is 2. The summed E-state index contributed by atoms with van der Waals surface area (Å²) >= 11 is 0. The molecule has 8 heteroatoms. The number of nitrogens with zero attached hydrogens (tertiary/aromatic N) is 6. The lowest BCUT2D eigenvalue weighted by Gasteiger charge is -2.31. The number of piperidine rings is 1. The molecule has 1 saturated heterocycles. The summed E-state index contributed by atoms with van der Waals surface area (Å²) in [5.41, 5.74) is 2.97. The third-order valence-corrected chi connectivity index (χ3v) is 5.53. The fourth-order valence-electron chi connectivity index (χ4n) is 3.71. The van der Waals surface area contributed by atoms with E-state index in [1.165, 1.54) is 0 Å². The summed E-state index contributed by atoms with van der Waals surface area (Å²) in [7, 11) is 1.86. The van der Waals surface area contributed by atoms with Gasteiger partial charge in [-0.15, -0.1) is 0 Å². The van der Waals surface area contributed by atoms with Gasteiger partial charge < -0.3 is 10.2 Å². The molecule has 1 aliphatic heterocycles. The zero-order valence-electron chi connectivity index (χ0n) is 17.9. The Bertz CT molecular complexity index is 1050. The number of nitrogens with one attached hydrogen (secondary N) is 1. The van der Waals surface area contributed by atoms with Crippen LogP contribution < -0.4 is 5.32 Å². The molecule has 0 bridgehead atoms. The first-order valence-electron chi connectivity index (χ1n) is 10.5. The summed E-state index contributed by atoms with van der Waals surface area (Å²) in [6.45, 7) is 3.54. The lowest BCUT2D eigenvalue weighted by atomic mass is 9.92. The number of hydrogen-bond donors (Lipinski definition) is 1. The van der Waals surface area contributed by atoms with Crippen molar-refractivity contribution in [3.63, 3.8) is 0 Å². The molecule has 1 amide bonds. The number of amides is 1. The molecule has 4 heterocycles. The van der Waals surface area contributed by atoms with Crippen molar-refractivity contribution in [2.24, 2.45) is 13.0 Å². The summed E-state index contributed by atoms with van der Waals surface area (Å²) in [6.07, 6.45) is 15.2. The van der Waals surface area contributed by atoms with Crippen molar-refractivity contribution in [1.29, 1.82) is 0 Å². The van der Waals surface area contributed by atoms with E-state index < -0.39 is 0 Å². The molecule has 1 fully saturated rings. The smallest absolute Gasteiger partial charge is 0.246 e. The molecule has 0 saturated carbocycles. The van der Waals surface area contributed by atoms with Crippen LogP contribution in [0.3, 0.4) is 0 Å². The lowest BCUT2D eigenvalue weighted by molar-refractivity contribution is -0.127. The van der Waals surface area contributed by atoms with Gasteiger partial charge in [-0.25, -0.2) is 9.97 Å². The van der Waals surface area contributed by atoms with E-state index in [0.29, 0.717) is 11.7 Å². The molecular formula is C23H27N7O. The van der Waals surface area contributed by atoms with Crippen LogP contribution in [0, 0.1) is 12.8 Å². The van der Waals surface area contributed by atoms with E-state index in [9.17, 15) is 4.79 Å². The van der Waals surface area contributed by atoms with Crippen LogP contribution in [-0.2, 0) is 18.3 Å². The summed E-state index contributed by atoms with van der Waals surface area (Å²) in [4.78, 5) is 27.7. The number of hydrogen-bond acceptors (Lipinski definition) is 6. The number of rotatable bonds is 6. The zero-order chi connectivity index (χ0) is 21.6. The van der Waals surface area contributed by atoms with Crippen molar-refractivity contribution in [3.8, 4) is 0 Å². The fourth-order valence-corrected chi connectivity index (χ4v) is 3.71. The van der Waals surface area contributed by atoms with Gasteiger partial charge in [0.05, 0.1) is 24.3 Å². The van der Waals surface area contributed by atoms with Gasteiger partial charge in [-0.3, -0.25) is 14.5 Å². The zero-order valence-corrected chi connectivity index (χ0v) is 17.9. The van der Waals surface area contributed by atoms with Gasteiger partial charge in [0.25, 0.3) is 0 Å². The Labute approximate surface area is 182 Å². The molecule has 1 aliphatic rings. The first-order valence-corrected chi connectivity index (χ1v) is 10.5. The number of carbonyl (C=O) groups excluding carboxylic acids is 1. The van der Waals surface area contributed by atoms with Gasteiger partial charge in [-0.2, -0.15) is 5.10 Å². The van der Waals surface area contributed by atoms with Crippen molar-refractivity contribution in [2.75, 3.05) is 18.4 Å². The molecule has 0 radical (unpaired) electrons. The van der Waals surface area contributed by atoms with Gasteiger partial charge in [0.15, 0.2) is 0 Å². The summed E-state index contributed by atoms with van der Waals surface area (Å²) in [5.74, 6) is 2.05. The van der Waals surface area contributed by atoms with Crippen LogP contribution in [0.25, 0.3) is 6.08 Å². The van der Waals surface area contributed by atoms with Crippen LogP contribution >= 0.6 is 0 Å². The normalized spacial score (nSPS) is 14.8. The SMILES string of the molecule is Cc1cccnc1Nc1cnc(CC2CCN(C(=O)/C=C/c3cnn(C)c3)CC2)cn1. The van der Waals surface area contributed by atoms with E-state index >= 15 is 0 Å². The Morgan fingerprint density at radius 3 is 2.71 bits per heavy atom. The topological polar surface area (TPSA) is 88.8 Å². The number of aromatic nitrogens is 5. The predicted molar refractivity (Wildman–Crippen MR) is 120 cm³/mol. The minimum Gasteiger partial charge on any atom is -0.339 e. The summed E-state index contributed by atoms with van der Waals surface area (Å²) in [6, 6.07) is 3.91. The Morgan fingerprint density at radius 2 is 2.03 bits per heavy atom. The molecule has 0 aliphatic carbocycles. The Morgan fingerprint density at radius 1 is 1.19 bits per heavy atom. The molecule has 0 unspecified atom stereocenters. The second kappa shape index (κ2) is 9.51. The van der Waals surface area contributed by atoms with Crippen LogP contribution in [0.1, 0.15) is 29.7 Å². The van der Waals surface area contributed by atoms with E-state index in [1.807, 2.05) is 49.5 Å². The van der Waals surface area contributed by atoms with Crippen LogP contribution in [0.4, 0.5) is 11.6 Å². The second-order valence-electron chi connectivity index (χ2n) is 7.94. The average Bonchev–Trinajstić information content (AvgIpc) is 3.21. The minimum absolute atomic E-state index is 0.0577. The highest BCUT2D eigenvalue weighted by Crippen LogP contribution is 2.22. The van der Waals surface area contributed by atoms with E-state index in [-0.39, 0.29) is 5.91 Å². The molecule has 4 rings (SSSR count). The van der Waals surface area contributed by atoms with Crippen molar-refractivity contribution in [3.05, 3.63) is 66.0 Å². The third-order valence-electron chi connectivity index (χ3n) is 5.53. The summed E-state index contributed by atoms with van der Waals surface area (Å²) < 4.78 is 1.72. The van der Waals surface area contributed by atoms with Crippen LogP contribution in [0.5, 0.6) is 0 Å². The van der Waals surface area contributed by atoms with E-state index in [0.717, 1.165) is 55.0 Å². The summed E-state index contributed by atoms with van der Waals surface area (Å²) in [5, 5.41) is 7.32. The first-order chi connectivity index (χ1) is 15.1. The molecule has 0 aromatic carbocycles. The Kier molecular flexibility index (Phi) is 6.35. The van der Waals surface area contributed by atoms with Crippen LogP contribution in [-0.4, -0.2) is 48.6 Å². The molecule has 3 aromatic heterocycles. The second-order valence-corrected chi connectivity index (χ2v) is 7.94. The van der Waals surface area contributed by atoms with E-state index in [4.69, 9.17) is 0 Å². The lowest BCUT2D eigenvalue weighted by Crippen LogP contribution is -2.38. The predicted octanol–water partition coefficient (Wildman–Crippen LogP) is 3.15. The van der Waals surface area contributed by atoms with Gasteiger partial charge >= 0.3 is 0 Å². The molecule has 1 N–H and O–H groups in total. The fraction of sp³-hybridized carbons (Fsp3) is 0.348. The standard InChI is InChI=1S/C23H27N7O/c1-17-4-3-9-24-23(17)28-21-15-25-20(14-26-21)12-18-7-10-30(11-8-18)22(31)6-5-19-13-27-29(2)16-19/h3-6,9,13-16,18H,7-8,10-12H2,1-2H3,(H,24,26,28)/b6-5+. The number of pyridine rings is 1. The van der Waals surface area contributed by atoms with Gasteiger partial charge in [0.2, 0.25) is 5.91 Å². The third kappa shape index (κ3) is 5.53. The van der Waals surface area contributed by atoms with E-state index in [1.54, 1.807) is 29.3 Å². The first kappa shape index (κ1) is 20.7. The van der Waals surface area contributed by atoms with Crippen molar-refractivity contribution >= 4 is 23.6 Å². The van der Waals surface area contributed by atoms with Crippen molar-refractivity contribution in [2.45, 2.75) is 26.2 Å². The highest BCUT2D eigenvalue weighted by molar-refractivity contribution is 5.91. The number of aryl methyl sites for hydroxylation is 2. The molecule has 0 spiro atoms. The maximum absolute atomic E-state index is 12.4. The minimum atomic E-state index is 0.0577. The van der Waals surface area contributed by atoms with Gasteiger partial charge in [0, 0.05) is 44.2 Å². The van der Waals surface area contributed by atoms with Crippen LogP contribution in [0.15, 0.2) is 49.2 Å². The number of likely N-dealkylation sites (tertiary alicyclic amines) is 1. The molecule has 3 aromatic rings. The van der Waals surface area contributed by atoms with Gasteiger partial charge in [0.1, 0.15) is 11.6 Å². The molecule has 31 heavy (non-hydrogen) atoms. The van der Waals surface area contributed by atoms with Crippen LogP contribution in [0.2, 0.25) is 0 Å². The monoisotopic (exact) mass is 417 g/mol. The molecule has 160 valence electrons. The highest BCUT2D eigenvalue weighted by Gasteiger charge is 2.22. The Hall–Kier alpha value is -3.55. The highest BCUT2D eigenvalue weighted by atomic mass is 16.2. The van der Waals surface area contributed by atoms with Crippen molar-refractivity contribution < 1.29 is 4.79 Å². The average molecular weight is 418 g/mol. The van der Waals surface area contributed by atoms with Gasteiger partial charge in [-0.05, 0) is 49.8 Å². The maximum atomic E-state index is 12.4. The number of carbonyl (C=O) groups is 1.